The van der Waals surface area contributed by atoms with Gasteiger partial charge in [-0.1, -0.05) is 29.8 Å². The summed E-state index contributed by atoms with van der Waals surface area (Å²) in [5.41, 5.74) is 3.71. The third kappa shape index (κ3) is 4.55. The molecule has 0 bridgehead atoms. The van der Waals surface area contributed by atoms with Crippen LogP contribution in [0.15, 0.2) is 49.1 Å². The van der Waals surface area contributed by atoms with Crippen LogP contribution in [0.25, 0.3) is 0 Å². The Morgan fingerprint density at radius 2 is 1.77 bits per heavy atom. The molecule has 0 saturated carbocycles. The Bertz CT molecular complexity index is 1090. The molecule has 31 heavy (non-hydrogen) atoms. The molecule has 0 fully saturated rings. The van der Waals surface area contributed by atoms with Crippen molar-refractivity contribution in [1.29, 1.82) is 0 Å². The molecule has 0 saturated heterocycles. The highest BCUT2D eigenvalue weighted by molar-refractivity contribution is 6.22. The standard InChI is InChI=1S/C24H24N2O5/c1-5-10-26-22(28)19-9-8-17(12-20(19)23(26)29)24(30)31-14-21(27)25(4)13-18-7-6-15(2)11-16(18)3/h5-9,11-12H,1,10,13-14H2,2-4H3. The smallest absolute Gasteiger partial charge is 0.338 e. The van der Waals surface area contributed by atoms with Crippen LogP contribution in [-0.2, 0) is 16.1 Å². The van der Waals surface area contributed by atoms with Crippen LogP contribution in [0.5, 0.6) is 0 Å². The lowest BCUT2D eigenvalue weighted by Crippen LogP contribution is -2.31. The Balaban J connectivity index is 1.62. The fourth-order valence-electron chi connectivity index (χ4n) is 3.40. The van der Waals surface area contributed by atoms with Crippen molar-refractivity contribution in [2.24, 2.45) is 0 Å². The van der Waals surface area contributed by atoms with Gasteiger partial charge in [0.05, 0.1) is 16.7 Å². The SMILES string of the molecule is C=CCN1C(=O)c2ccc(C(=O)OCC(=O)N(C)Cc3ccc(C)cc3C)cc2C1=O. The normalized spacial score (nSPS) is 12.5. The number of hydrogen-bond acceptors (Lipinski definition) is 5. The van der Waals surface area contributed by atoms with E-state index in [1.807, 2.05) is 32.0 Å². The Hall–Kier alpha value is -3.74. The summed E-state index contributed by atoms with van der Waals surface area (Å²) in [6.45, 7) is 7.59. The zero-order valence-corrected chi connectivity index (χ0v) is 17.8. The number of benzene rings is 2. The van der Waals surface area contributed by atoms with Gasteiger partial charge < -0.3 is 9.64 Å². The van der Waals surface area contributed by atoms with Gasteiger partial charge in [-0.3, -0.25) is 19.3 Å². The fraction of sp³-hybridized carbons (Fsp3) is 0.250. The summed E-state index contributed by atoms with van der Waals surface area (Å²) < 4.78 is 5.14. The second-order valence-electron chi connectivity index (χ2n) is 7.53. The first kappa shape index (κ1) is 22.0. The van der Waals surface area contributed by atoms with Crippen LogP contribution < -0.4 is 0 Å². The average molecular weight is 420 g/mol. The quantitative estimate of drug-likeness (QED) is 0.391. The van der Waals surface area contributed by atoms with Gasteiger partial charge >= 0.3 is 5.97 Å². The Kier molecular flexibility index (Phi) is 6.34. The molecule has 2 aromatic carbocycles. The summed E-state index contributed by atoms with van der Waals surface area (Å²) in [6, 6.07) is 10.2. The molecule has 3 rings (SSSR count). The van der Waals surface area contributed by atoms with Crippen LogP contribution in [0, 0.1) is 13.8 Å². The molecule has 0 spiro atoms. The number of hydrogen-bond donors (Lipinski definition) is 0. The number of rotatable bonds is 7. The van der Waals surface area contributed by atoms with E-state index in [4.69, 9.17) is 4.74 Å². The van der Waals surface area contributed by atoms with E-state index < -0.39 is 24.4 Å². The van der Waals surface area contributed by atoms with Crippen molar-refractivity contribution in [1.82, 2.24) is 9.80 Å². The van der Waals surface area contributed by atoms with E-state index in [9.17, 15) is 19.2 Å². The zero-order chi connectivity index (χ0) is 22.7. The van der Waals surface area contributed by atoms with Crippen LogP contribution >= 0.6 is 0 Å². The number of nitrogens with zero attached hydrogens (tertiary/aromatic N) is 2. The summed E-state index contributed by atoms with van der Waals surface area (Å²) in [7, 11) is 1.64. The third-order valence-corrected chi connectivity index (χ3v) is 5.18. The maximum Gasteiger partial charge on any atom is 0.338 e. The number of carbonyl (C=O) groups is 4. The van der Waals surface area contributed by atoms with Gasteiger partial charge in [0.1, 0.15) is 0 Å². The molecule has 7 heteroatoms. The van der Waals surface area contributed by atoms with Crippen molar-refractivity contribution in [2.75, 3.05) is 20.2 Å². The van der Waals surface area contributed by atoms with Crippen molar-refractivity contribution in [3.8, 4) is 0 Å². The first-order valence-electron chi connectivity index (χ1n) is 9.81. The Labute approximate surface area is 180 Å². The largest absolute Gasteiger partial charge is 0.452 e. The van der Waals surface area contributed by atoms with Crippen molar-refractivity contribution >= 4 is 23.7 Å². The van der Waals surface area contributed by atoms with Crippen LogP contribution in [-0.4, -0.2) is 53.7 Å². The molecule has 0 N–H and O–H groups in total. The number of aryl methyl sites for hydroxylation is 2. The van der Waals surface area contributed by atoms with Crippen molar-refractivity contribution in [3.05, 3.63) is 82.4 Å². The fourth-order valence-corrected chi connectivity index (χ4v) is 3.40. The monoisotopic (exact) mass is 420 g/mol. The minimum absolute atomic E-state index is 0.0907. The number of fused-ring (bicyclic) bond motifs is 1. The molecule has 0 unspecified atom stereocenters. The highest BCUT2D eigenvalue weighted by atomic mass is 16.5. The summed E-state index contributed by atoms with van der Waals surface area (Å²) in [5.74, 6) is -2.00. The van der Waals surface area contributed by atoms with E-state index in [1.54, 1.807) is 7.05 Å². The number of imide groups is 1. The van der Waals surface area contributed by atoms with Crippen LogP contribution in [0.4, 0.5) is 0 Å². The first-order chi connectivity index (χ1) is 14.7. The predicted octanol–water partition coefficient (Wildman–Crippen LogP) is 2.90. The summed E-state index contributed by atoms with van der Waals surface area (Å²) >= 11 is 0. The molecule has 1 aliphatic rings. The van der Waals surface area contributed by atoms with E-state index >= 15 is 0 Å². The molecule has 0 aromatic heterocycles. The summed E-state index contributed by atoms with van der Waals surface area (Å²) in [6.07, 6.45) is 1.46. The minimum Gasteiger partial charge on any atom is -0.452 e. The number of ether oxygens (including phenoxy) is 1. The number of likely N-dealkylation sites (N-methyl/N-ethyl adjacent to an activating group) is 1. The van der Waals surface area contributed by atoms with E-state index in [2.05, 4.69) is 6.58 Å². The van der Waals surface area contributed by atoms with E-state index in [0.29, 0.717) is 6.54 Å². The van der Waals surface area contributed by atoms with Gasteiger partial charge in [-0.25, -0.2) is 4.79 Å². The molecule has 0 radical (unpaired) electrons. The lowest BCUT2D eigenvalue weighted by molar-refractivity contribution is -0.133. The van der Waals surface area contributed by atoms with Gasteiger partial charge in [0.2, 0.25) is 0 Å². The predicted molar refractivity (Wildman–Crippen MR) is 115 cm³/mol. The van der Waals surface area contributed by atoms with Gasteiger partial charge in [-0.2, -0.15) is 0 Å². The molecule has 160 valence electrons. The first-order valence-corrected chi connectivity index (χ1v) is 9.81. The maximum atomic E-state index is 12.4. The van der Waals surface area contributed by atoms with Crippen LogP contribution in [0.1, 0.15) is 47.8 Å². The van der Waals surface area contributed by atoms with Crippen LogP contribution in [0.2, 0.25) is 0 Å². The highest BCUT2D eigenvalue weighted by Crippen LogP contribution is 2.24. The molecule has 2 aromatic rings. The molecule has 1 aliphatic heterocycles. The van der Waals surface area contributed by atoms with E-state index in [-0.39, 0.29) is 29.1 Å². The number of amides is 3. The summed E-state index contributed by atoms with van der Waals surface area (Å²) in [4.78, 5) is 52.0. The van der Waals surface area contributed by atoms with Gasteiger partial charge in [-0.15, -0.1) is 6.58 Å². The maximum absolute atomic E-state index is 12.4. The summed E-state index contributed by atoms with van der Waals surface area (Å²) in [5, 5.41) is 0. The molecule has 0 aliphatic carbocycles. The molecule has 7 nitrogen and oxygen atoms in total. The molecular formula is C24H24N2O5. The number of carbonyl (C=O) groups excluding carboxylic acids is 4. The zero-order valence-electron chi connectivity index (χ0n) is 17.8. The lowest BCUT2D eigenvalue weighted by atomic mass is 10.1. The van der Waals surface area contributed by atoms with Gasteiger partial charge in [-0.05, 0) is 43.2 Å². The average Bonchev–Trinajstić information content (AvgIpc) is 2.98. The number of esters is 1. The van der Waals surface area contributed by atoms with E-state index in [0.717, 1.165) is 21.6 Å². The highest BCUT2D eigenvalue weighted by Gasteiger charge is 2.35. The molecule has 0 atom stereocenters. The third-order valence-electron chi connectivity index (χ3n) is 5.18. The van der Waals surface area contributed by atoms with Crippen molar-refractivity contribution in [2.45, 2.75) is 20.4 Å². The topological polar surface area (TPSA) is 84.0 Å². The van der Waals surface area contributed by atoms with Crippen molar-refractivity contribution in [3.63, 3.8) is 0 Å². The van der Waals surface area contributed by atoms with Crippen molar-refractivity contribution < 1.29 is 23.9 Å². The molecule has 1 heterocycles. The van der Waals surface area contributed by atoms with Gasteiger partial charge in [0.15, 0.2) is 6.61 Å². The second kappa shape index (κ2) is 8.95. The lowest BCUT2D eigenvalue weighted by Gasteiger charge is -2.18. The van der Waals surface area contributed by atoms with Gasteiger partial charge in [0, 0.05) is 20.1 Å². The Morgan fingerprint density at radius 3 is 2.45 bits per heavy atom. The van der Waals surface area contributed by atoms with Crippen LogP contribution in [0.3, 0.4) is 0 Å². The Morgan fingerprint density at radius 1 is 1.06 bits per heavy atom. The minimum atomic E-state index is -0.738. The molecular weight excluding hydrogens is 396 g/mol. The molecule has 3 amide bonds. The van der Waals surface area contributed by atoms with Gasteiger partial charge in [0.25, 0.3) is 17.7 Å². The second-order valence-corrected chi connectivity index (χ2v) is 7.53. The van der Waals surface area contributed by atoms with E-state index in [1.165, 1.54) is 29.2 Å².